The zero-order valence-electron chi connectivity index (χ0n) is 22.9. The number of carbonyl (C=O) groups excluding carboxylic acids is 3. The number of nitrogens with zero attached hydrogens (tertiary/aromatic N) is 2. The number of hydrogen-bond acceptors (Lipinski definition) is 6. The normalized spacial score (nSPS) is 13.0. The second-order valence-electron chi connectivity index (χ2n) is 9.89. The second kappa shape index (κ2) is 18.5. The topological polar surface area (TPSA) is 85.4 Å². The molecule has 0 saturated heterocycles. The Kier molecular flexibility index (Phi) is 17.5. The van der Waals surface area contributed by atoms with Crippen molar-refractivity contribution < 1.29 is 28.6 Å². The molecular weight excluding hydrogens is 436 g/mol. The first-order valence-corrected chi connectivity index (χ1v) is 12.9. The SMILES string of the molecule is CCCCCCCCOC(=O)C(CC(C)C)N(C)C(=O)C(CC(C)C)N(C)C(=O)OCCOC. The highest BCUT2D eigenvalue weighted by atomic mass is 16.6. The highest BCUT2D eigenvalue weighted by molar-refractivity contribution is 5.89. The predicted molar refractivity (Wildman–Crippen MR) is 135 cm³/mol. The number of rotatable bonds is 18. The van der Waals surface area contributed by atoms with Crippen LogP contribution in [0.4, 0.5) is 4.79 Å². The summed E-state index contributed by atoms with van der Waals surface area (Å²) in [6.07, 6.45) is 7.00. The number of carbonyl (C=O) groups is 3. The molecule has 0 aromatic rings. The van der Waals surface area contributed by atoms with E-state index in [9.17, 15) is 14.4 Å². The van der Waals surface area contributed by atoms with Gasteiger partial charge in [0.05, 0.1) is 13.2 Å². The Bertz CT molecular complexity index is 582. The van der Waals surface area contributed by atoms with Crippen LogP contribution >= 0.6 is 0 Å². The van der Waals surface area contributed by atoms with Gasteiger partial charge in [0, 0.05) is 21.2 Å². The summed E-state index contributed by atoms with van der Waals surface area (Å²) in [6, 6.07) is -1.43. The Morgan fingerprint density at radius 2 is 1.26 bits per heavy atom. The van der Waals surface area contributed by atoms with Gasteiger partial charge in [0.15, 0.2) is 0 Å². The summed E-state index contributed by atoms with van der Waals surface area (Å²) in [4.78, 5) is 41.7. The predicted octanol–water partition coefficient (Wildman–Crippen LogP) is 4.89. The molecule has 34 heavy (non-hydrogen) atoms. The van der Waals surface area contributed by atoms with Crippen LogP contribution in [0.25, 0.3) is 0 Å². The molecule has 0 N–H and O–H groups in total. The smallest absolute Gasteiger partial charge is 0.410 e. The van der Waals surface area contributed by atoms with E-state index in [-0.39, 0.29) is 36.9 Å². The molecule has 0 aliphatic rings. The van der Waals surface area contributed by atoms with Gasteiger partial charge in [-0.15, -0.1) is 0 Å². The summed E-state index contributed by atoms with van der Waals surface area (Å²) in [5, 5.41) is 0. The highest BCUT2D eigenvalue weighted by Gasteiger charge is 2.36. The van der Waals surface area contributed by atoms with E-state index in [2.05, 4.69) is 6.92 Å². The Morgan fingerprint density at radius 1 is 0.706 bits per heavy atom. The molecule has 0 radical (unpaired) electrons. The van der Waals surface area contributed by atoms with Crippen molar-refractivity contribution in [1.82, 2.24) is 9.80 Å². The van der Waals surface area contributed by atoms with E-state index in [0.29, 0.717) is 19.4 Å². The molecule has 0 fully saturated rings. The van der Waals surface area contributed by atoms with E-state index in [0.717, 1.165) is 19.3 Å². The van der Waals surface area contributed by atoms with E-state index in [1.165, 1.54) is 36.2 Å². The van der Waals surface area contributed by atoms with Crippen LogP contribution in [0.15, 0.2) is 0 Å². The molecule has 0 saturated carbocycles. The van der Waals surface area contributed by atoms with E-state index < -0.39 is 18.2 Å². The van der Waals surface area contributed by atoms with Crippen LogP contribution in [-0.4, -0.2) is 80.9 Å². The van der Waals surface area contributed by atoms with Crippen LogP contribution in [0.2, 0.25) is 0 Å². The van der Waals surface area contributed by atoms with Crippen LogP contribution in [-0.2, 0) is 23.8 Å². The Balaban J connectivity index is 5.24. The third-order valence-corrected chi connectivity index (χ3v) is 5.77. The lowest BCUT2D eigenvalue weighted by atomic mass is 9.98. The third kappa shape index (κ3) is 13.2. The molecule has 8 nitrogen and oxygen atoms in total. The van der Waals surface area contributed by atoms with Gasteiger partial charge in [0.2, 0.25) is 5.91 Å². The molecule has 200 valence electrons. The number of amides is 2. The molecule has 0 spiro atoms. The molecule has 0 rings (SSSR count). The van der Waals surface area contributed by atoms with Crippen molar-refractivity contribution >= 4 is 18.0 Å². The molecule has 0 aromatic heterocycles. The second-order valence-corrected chi connectivity index (χ2v) is 9.89. The number of esters is 1. The van der Waals surface area contributed by atoms with E-state index in [4.69, 9.17) is 14.2 Å². The van der Waals surface area contributed by atoms with Crippen molar-refractivity contribution in [2.45, 2.75) is 98.1 Å². The van der Waals surface area contributed by atoms with Crippen LogP contribution in [0.3, 0.4) is 0 Å². The van der Waals surface area contributed by atoms with Crippen molar-refractivity contribution in [2.75, 3.05) is 41.0 Å². The van der Waals surface area contributed by atoms with Crippen LogP contribution in [0.1, 0.15) is 86.0 Å². The maximum absolute atomic E-state index is 13.5. The molecule has 8 heteroatoms. The lowest BCUT2D eigenvalue weighted by Crippen LogP contribution is -2.54. The summed E-state index contributed by atoms with van der Waals surface area (Å²) >= 11 is 0. The monoisotopic (exact) mass is 486 g/mol. The summed E-state index contributed by atoms with van der Waals surface area (Å²) in [5.41, 5.74) is 0. The molecule has 0 aliphatic heterocycles. The van der Waals surface area contributed by atoms with Gasteiger partial charge in [0.1, 0.15) is 18.7 Å². The lowest BCUT2D eigenvalue weighted by molar-refractivity contribution is -0.156. The number of unbranched alkanes of at least 4 members (excludes halogenated alkanes) is 5. The van der Waals surface area contributed by atoms with E-state index >= 15 is 0 Å². The fraction of sp³-hybridized carbons (Fsp3) is 0.885. The standard InChI is InChI=1S/C26H50N2O6/c1-9-10-11-12-13-14-15-33-25(30)23(19-21(4)5)27(6)24(29)22(18-20(2)3)28(7)26(31)34-17-16-32-8/h20-23H,9-19H2,1-8H3. The van der Waals surface area contributed by atoms with Gasteiger partial charge in [-0.25, -0.2) is 9.59 Å². The average Bonchev–Trinajstić information content (AvgIpc) is 2.78. The van der Waals surface area contributed by atoms with Crippen molar-refractivity contribution in [2.24, 2.45) is 11.8 Å². The van der Waals surface area contributed by atoms with Gasteiger partial charge >= 0.3 is 12.1 Å². The van der Waals surface area contributed by atoms with Gasteiger partial charge < -0.3 is 19.1 Å². The minimum Gasteiger partial charge on any atom is -0.464 e. The molecular formula is C26H50N2O6. The summed E-state index contributed by atoms with van der Waals surface area (Å²) in [7, 11) is 4.71. The Hall–Kier alpha value is -1.83. The number of methoxy groups -OCH3 is 1. The van der Waals surface area contributed by atoms with Gasteiger partial charge in [-0.2, -0.15) is 0 Å². The van der Waals surface area contributed by atoms with Crippen LogP contribution in [0.5, 0.6) is 0 Å². The number of hydrogen-bond donors (Lipinski definition) is 0. The highest BCUT2D eigenvalue weighted by Crippen LogP contribution is 2.19. The quantitative estimate of drug-likeness (QED) is 0.202. The summed E-state index contributed by atoms with van der Waals surface area (Å²) in [5.74, 6) is -0.310. The third-order valence-electron chi connectivity index (χ3n) is 5.77. The summed E-state index contributed by atoms with van der Waals surface area (Å²) in [6.45, 7) is 10.9. The van der Waals surface area contributed by atoms with Crippen molar-refractivity contribution in [1.29, 1.82) is 0 Å². The van der Waals surface area contributed by atoms with Gasteiger partial charge in [-0.3, -0.25) is 9.69 Å². The van der Waals surface area contributed by atoms with E-state index in [1.807, 2.05) is 27.7 Å². The van der Waals surface area contributed by atoms with Crippen molar-refractivity contribution in [3.05, 3.63) is 0 Å². The molecule has 0 aromatic carbocycles. The fourth-order valence-electron chi connectivity index (χ4n) is 3.71. The molecule has 0 bridgehead atoms. The van der Waals surface area contributed by atoms with Crippen LogP contribution in [0, 0.1) is 11.8 Å². The van der Waals surface area contributed by atoms with Gasteiger partial charge in [0.25, 0.3) is 0 Å². The van der Waals surface area contributed by atoms with Gasteiger partial charge in [-0.05, 0) is 31.1 Å². The average molecular weight is 487 g/mol. The van der Waals surface area contributed by atoms with Crippen LogP contribution < -0.4 is 0 Å². The maximum Gasteiger partial charge on any atom is 0.410 e. The van der Waals surface area contributed by atoms with Crippen molar-refractivity contribution in [3.8, 4) is 0 Å². The molecule has 2 amide bonds. The Morgan fingerprint density at radius 3 is 1.82 bits per heavy atom. The fourth-order valence-corrected chi connectivity index (χ4v) is 3.71. The minimum atomic E-state index is -0.735. The first kappa shape index (κ1) is 32.2. The maximum atomic E-state index is 13.5. The molecule has 2 unspecified atom stereocenters. The first-order chi connectivity index (χ1) is 16.1. The lowest BCUT2D eigenvalue weighted by Gasteiger charge is -2.34. The molecule has 0 aliphatic carbocycles. The number of ether oxygens (including phenoxy) is 3. The Labute approximate surface area is 207 Å². The zero-order chi connectivity index (χ0) is 26.1. The molecule has 0 heterocycles. The van der Waals surface area contributed by atoms with E-state index in [1.54, 1.807) is 14.1 Å². The first-order valence-electron chi connectivity index (χ1n) is 12.9. The largest absolute Gasteiger partial charge is 0.464 e. The summed E-state index contributed by atoms with van der Waals surface area (Å²) < 4.78 is 15.7. The zero-order valence-corrected chi connectivity index (χ0v) is 22.9. The number of likely N-dealkylation sites (N-methyl/N-ethyl adjacent to an activating group) is 2. The van der Waals surface area contributed by atoms with Gasteiger partial charge in [-0.1, -0.05) is 66.7 Å². The molecule has 2 atom stereocenters. The van der Waals surface area contributed by atoms with Crippen molar-refractivity contribution in [3.63, 3.8) is 0 Å². The minimum absolute atomic E-state index is 0.110.